The van der Waals surface area contributed by atoms with E-state index in [0.29, 0.717) is 12.8 Å². The first kappa shape index (κ1) is 11.2. The molecule has 0 saturated carbocycles. The van der Waals surface area contributed by atoms with Gasteiger partial charge in [-0.05, 0) is 12.0 Å². The van der Waals surface area contributed by atoms with Crippen molar-refractivity contribution < 1.29 is 9.59 Å². The van der Waals surface area contributed by atoms with Crippen molar-refractivity contribution in [1.82, 2.24) is 5.32 Å². The molecule has 0 atom stereocenters. The van der Waals surface area contributed by atoms with E-state index in [1.807, 2.05) is 30.3 Å². The second-order valence-electron chi connectivity index (χ2n) is 3.24. The molecule has 0 aliphatic rings. The van der Waals surface area contributed by atoms with Crippen LogP contribution in [0.25, 0.3) is 0 Å². The maximum Gasteiger partial charge on any atom is 0.312 e. The number of carbonyl (C=O) groups is 2. The number of nitrogens with one attached hydrogen (secondary N) is 1. The normalized spacial score (nSPS) is 9.60. The highest BCUT2D eigenvalue weighted by atomic mass is 16.2. The number of primary amides is 1. The highest BCUT2D eigenvalue weighted by Crippen LogP contribution is 2.02. The van der Waals surface area contributed by atoms with E-state index in [9.17, 15) is 9.59 Å². The quantitative estimate of drug-likeness (QED) is 0.749. The van der Waals surface area contributed by atoms with Gasteiger partial charge in [0.25, 0.3) is 0 Å². The van der Waals surface area contributed by atoms with Crippen LogP contribution in [0.2, 0.25) is 0 Å². The number of hydrogen-bond acceptors (Lipinski definition) is 2. The van der Waals surface area contributed by atoms with Crippen LogP contribution in [0, 0.1) is 0 Å². The van der Waals surface area contributed by atoms with Gasteiger partial charge in [0.1, 0.15) is 0 Å². The molecule has 4 heteroatoms. The van der Waals surface area contributed by atoms with Gasteiger partial charge in [0.15, 0.2) is 5.78 Å². The predicted octanol–water partition coefficient (Wildman–Crippen LogP) is 0.857. The SMILES string of the molecule is NC(=O)NCC(=O)CCc1ccccc1. The van der Waals surface area contributed by atoms with Crippen molar-refractivity contribution in [2.24, 2.45) is 5.73 Å². The van der Waals surface area contributed by atoms with Gasteiger partial charge in [-0.25, -0.2) is 4.79 Å². The summed E-state index contributed by atoms with van der Waals surface area (Å²) in [7, 11) is 0. The molecule has 0 saturated heterocycles. The maximum absolute atomic E-state index is 11.3. The van der Waals surface area contributed by atoms with Crippen molar-refractivity contribution in [3.05, 3.63) is 35.9 Å². The molecule has 3 N–H and O–H groups in total. The molecule has 15 heavy (non-hydrogen) atoms. The summed E-state index contributed by atoms with van der Waals surface area (Å²) in [5, 5.41) is 2.27. The number of Topliss-reactive ketones (excluding diaryl/α,β-unsaturated/α-hetero) is 1. The lowest BCUT2D eigenvalue weighted by molar-refractivity contribution is -0.118. The smallest absolute Gasteiger partial charge is 0.312 e. The van der Waals surface area contributed by atoms with E-state index in [1.165, 1.54) is 0 Å². The Hall–Kier alpha value is -1.84. The summed E-state index contributed by atoms with van der Waals surface area (Å²) in [5.41, 5.74) is 5.96. The van der Waals surface area contributed by atoms with E-state index in [4.69, 9.17) is 5.73 Å². The number of amides is 2. The summed E-state index contributed by atoms with van der Waals surface area (Å²) >= 11 is 0. The summed E-state index contributed by atoms with van der Waals surface area (Å²) in [5.74, 6) is -0.0161. The molecule has 80 valence electrons. The Bertz CT molecular complexity index is 336. The molecule has 2 amide bonds. The largest absolute Gasteiger partial charge is 0.352 e. The van der Waals surface area contributed by atoms with Crippen LogP contribution < -0.4 is 11.1 Å². The van der Waals surface area contributed by atoms with E-state index in [0.717, 1.165) is 5.56 Å². The fraction of sp³-hybridized carbons (Fsp3) is 0.273. The number of urea groups is 1. The lowest BCUT2D eigenvalue weighted by Crippen LogP contribution is -2.33. The van der Waals surface area contributed by atoms with Crippen LogP contribution in [0.1, 0.15) is 12.0 Å². The van der Waals surface area contributed by atoms with Gasteiger partial charge in [-0.2, -0.15) is 0 Å². The van der Waals surface area contributed by atoms with Crippen LogP contribution in [-0.4, -0.2) is 18.4 Å². The molecule has 1 rings (SSSR count). The van der Waals surface area contributed by atoms with Crippen LogP contribution in [0.5, 0.6) is 0 Å². The van der Waals surface area contributed by atoms with Gasteiger partial charge in [0.2, 0.25) is 0 Å². The summed E-state index contributed by atoms with van der Waals surface area (Å²) in [6.07, 6.45) is 1.12. The van der Waals surface area contributed by atoms with Gasteiger partial charge in [0, 0.05) is 6.42 Å². The van der Waals surface area contributed by atoms with Crippen molar-refractivity contribution in [2.45, 2.75) is 12.8 Å². The lowest BCUT2D eigenvalue weighted by atomic mass is 10.1. The average Bonchev–Trinajstić information content (AvgIpc) is 2.25. The first-order valence-corrected chi connectivity index (χ1v) is 4.77. The van der Waals surface area contributed by atoms with Gasteiger partial charge in [-0.1, -0.05) is 30.3 Å². The zero-order chi connectivity index (χ0) is 11.1. The molecule has 0 aromatic heterocycles. The van der Waals surface area contributed by atoms with Gasteiger partial charge in [-0.15, -0.1) is 0 Å². The topological polar surface area (TPSA) is 72.2 Å². The fourth-order valence-electron chi connectivity index (χ4n) is 1.20. The first-order valence-electron chi connectivity index (χ1n) is 4.77. The third-order valence-electron chi connectivity index (χ3n) is 2.00. The molecular weight excluding hydrogens is 192 g/mol. The van der Waals surface area contributed by atoms with Crippen LogP contribution >= 0.6 is 0 Å². The molecule has 0 bridgehead atoms. The molecular formula is C11H14N2O2. The van der Waals surface area contributed by atoms with Crippen molar-refractivity contribution in [3.8, 4) is 0 Å². The molecule has 0 aliphatic heterocycles. The minimum atomic E-state index is -0.664. The minimum Gasteiger partial charge on any atom is -0.352 e. The molecule has 0 fully saturated rings. The highest BCUT2D eigenvalue weighted by molar-refractivity contribution is 5.84. The molecule has 0 spiro atoms. The molecule has 1 aromatic rings. The summed E-state index contributed by atoms with van der Waals surface area (Å²) < 4.78 is 0. The number of benzene rings is 1. The van der Waals surface area contributed by atoms with Crippen molar-refractivity contribution in [1.29, 1.82) is 0 Å². The van der Waals surface area contributed by atoms with E-state index >= 15 is 0 Å². The third kappa shape index (κ3) is 4.81. The molecule has 0 radical (unpaired) electrons. The Labute approximate surface area is 88.5 Å². The molecule has 0 unspecified atom stereocenters. The van der Waals surface area contributed by atoms with E-state index in [1.54, 1.807) is 0 Å². The van der Waals surface area contributed by atoms with Crippen molar-refractivity contribution in [2.75, 3.05) is 6.54 Å². The van der Waals surface area contributed by atoms with Crippen LogP contribution in [0.15, 0.2) is 30.3 Å². The summed E-state index contributed by atoms with van der Waals surface area (Å²) in [6, 6.07) is 9.06. The molecule has 4 nitrogen and oxygen atoms in total. The number of rotatable bonds is 5. The molecule has 1 aromatic carbocycles. The van der Waals surface area contributed by atoms with Crippen molar-refractivity contribution >= 4 is 11.8 Å². The van der Waals surface area contributed by atoms with Crippen molar-refractivity contribution in [3.63, 3.8) is 0 Å². The van der Waals surface area contributed by atoms with E-state index in [2.05, 4.69) is 5.32 Å². The standard InChI is InChI=1S/C11H14N2O2/c12-11(15)13-8-10(14)7-6-9-4-2-1-3-5-9/h1-5H,6-8H2,(H3,12,13,15). The Morgan fingerprint density at radius 1 is 1.20 bits per heavy atom. The minimum absolute atomic E-state index is 0.0160. The van der Waals surface area contributed by atoms with Gasteiger partial charge in [0.05, 0.1) is 6.54 Å². The average molecular weight is 206 g/mol. The monoisotopic (exact) mass is 206 g/mol. The van der Waals surface area contributed by atoms with E-state index in [-0.39, 0.29) is 12.3 Å². The lowest BCUT2D eigenvalue weighted by Gasteiger charge is -2.01. The number of hydrogen-bond donors (Lipinski definition) is 2. The Morgan fingerprint density at radius 2 is 1.87 bits per heavy atom. The maximum atomic E-state index is 11.3. The Morgan fingerprint density at radius 3 is 2.47 bits per heavy atom. The Balaban J connectivity index is 2.26. The fourth-order valence-corrected chi connectivity index (χ4v) is 1.20. The molecule has 0 heterocycles. The number of carbonyl (C=O) groups excluding carboxylic acids is 2. The zero-order valence-corrected chi connectivity index (χ0v) is 8.40. The molecule has 0 aliphatic carbocycles. The first-order chi connectivity index (χ1) is 7.18. The third-order valence-corrected chi connectivity index (χ3v) is 2.00. The number of aryl methyl sites for hydroxylation is 1. The van der Waals surface area contributed by atoms with Gasteiger partial charge >= 0.3 is 6.03 Å². The highest BCUT2D eigenvalue weighted by Gasteiger charge is 2.03. The second kappa shape index (κ2) is 5.80. The number of ketones is 1. The number of nitrogens with two attached hydrogens (primary N) is 1. The summed E-state index contributed by atoms with van der Waals surface area (Å²) in [4.78, 5) is 21.6. The zero-order valence-electron chi connectivity index (χ0n) is 8.40. The van der Waals surface area contributed by atoms with E-state index < -0.39 is 6.03 Å². The Kier molecular flexibility index (Phi) is 4.34. The van der Waals surface area contributed by atoms with Crippen LogP contribution in [0.3, 0.4) is 0 Å². The van der Waals surface area contributed by atoms with Crippen LogP contribution in [0.4, 0.5) is 4.79 Å². The predicted molar refractivity (Wildman–Crippen MR) is 57.4 cm³/mol. The van der Waals surface area contributed by atoms with Gasteiger partial charge < -0.3 is 11.1 Å². The van der Waals surface area contributed by atoms with Gasteiger partial charge in [-0.3, -0.25) is 4.79 Å². The van der Waals surface area contributed by atoms with Crippen LogP contribution in [-0.2, 0) is 11.2 Å². The summed E-state index contributed by atoms with van der Waals surface area (Å²) in [6.45, 7) is 0.0160. The second-order valence-corrected chi connectivity index (χ2v) is 3.24.